The number of benzene rings is 1. The summed E-state index contributed by atoms with van der Waals surface area (Å²) in [6.07, 6.45) is 0. The van der Waals surface area contributed by atoms with E-state index in [2.05, 4.69) is 9.12 Å². The van der Waals surface area contributed by atoms with Crippen molar-refractivity contribution in [3.8, 4) is 0 Å². The Bertz CT molecular complexity index is 524. The van der Waals surface area contributed by atoms with Crippen LogP contribution in [0.3, 0.4) is 0 Å². The van der Waals surface area contributed by atoms with Gasteiger partial charge < -0.3 is 5.73 Å². The maximum atomic E-state index is 12.8. The summed E-state index contributed by atoms with van der Waals surface area (Å²) in [6, 6.07) is 3.56. The van der Waals surface area contributed by atoms with Crippen LogP contribution in [0.1, 0.15) is 5.56 Å². The van der Waals surface area contributed by atoms with Gasteiger partial charge in [-0.1, -0.05) is 0 Å². The highest BCUT2D eigenvalue weighted by molar-refractivity contribution is 7.91. The molecule has 1 heterocycles. The molecular formula is C7H6FN3O2S. The van der Waals surface area contributed by atoms with Gasteiger partial charge in [0.15, 0.2) is 0 Å². The first kappa shape index (κ1) is 8.95. The van der Waals surface area contributed by atoms with E-state index in [1.54, 1.807) is 0 Å². The van der Waals surface area contributed by atoms with Crippen molar-refractivity contribution in [1.29, 1.82) is 0 Å². The molecule has 0 spiro atoms. The highest BCUT2D eigenvalue weighted by Crippen LogP contribution is 2.22. The highest BCUT2D eigenvalue weighted by atomic mass is 32.2. The topological polar surface area (TPSA) is 84.5 Å². The van der Waals surface area contributed by atoms with Crippen molar-refractivity contribution in [2.75, 3.05) is 4.72 Å². The predicted molar refractivity (Wildman–Crippen MR) is 49.7 cm³/mol. The third-order valence-electron chi connectivity index (χ3n) is 1.72. The van der Waals surface area contributed by atoms with E-state index < -0.39 is 16.0 Å². The van der Waals surface area contributed by atoms with E-state index in [0.717, 1.165) is 12.1 Å². The number of anilines is 1. The van der Waals surface area contributed by atoms with Crippen LogP contribution in [0.25, 0.3) is 0 Å². The monoisotopic (exact) mass is 215 g/mol. The number of rotatable bonds is 0. The molecule has 5 nitrogen and oxygen atoms in total. The Morgan fingerprint density at radius 1 is 1.43 bits per heavy atom. The average molecular weight is 215 g/mol. The number of hydrogen-bond acceptors (Lipinski definition) is 3. The maximum absolute atomic E-state index is 12.8. The number of nitrogens with two attached hydrogens (primary N) is 1. The quantitative estimate of drug-likeness (QED) is 0.648. The summed E-state index contributed by atoms with van der Waals surface area (Å²) in [4.78, 5) is 0. The Hall–Kier alpha value is -1.63. The third kappa shape index (κ3) is 1.41. The molecule has 0 bridgehead atoms. The Labute approximate surface area is 79.6 Å². The van der Waals surface area contributed by atoms with Gasteiger partial charge in [0.05, 0.1) is 5.69 Å². The molecule has 0 aliphatic carbocycles. The number of fused-ring (bicyclic) bond motifs is 1. The zero-order valence-electron chi connectivity index (χ0n) is 6.86. The van der Waals surface area contributed by atoms with Gasteiger partial charge in [0, 0.05) is 5.56 Å². The number of nitrogens with zero attached hydrogens (tertiary/aromatic N) is 1. The normalized spacial score (nSPS) is 17.9. The SMILES string of the molecule is NC1=NS(=O)(=O)Nc2ccc(F)cc21. The molecule has 3 N–H and O–H groups in total. The van der Waals surface area contributed by atoms with Gasteiger partial charge in [-0.2, -0.15) is 8.42 Å². The van der Waals surface area contributed by atoms with Crippen LogP contribution in [0.5, 0.6) is 0 Å². The molecule has 0 saturated heterocycles. The molecule has 0 atom stereocenters. The van der Waals surface area contributed by atoms with Gasteiger partial charge in [0.1, 0.15) is 11.7 Å². The number of nitrogens with one attached hydrogen (secondary N) is 1. The zero-order valence-corrected chi connectivity index (χ0v) is 7.68. The van der Waals surface area contributed by atoms with Crippen molar-refractivity contribution in [3.63, 3.8) is 0 Å². The standard InChI is InChI=1S/C7H6FN3O2S/c8-4-1-2-6-5(3-4)7(9)11-14(12,13)10-6/h1-3,10H,(H2,9,11). The molecule has 1 aliphatic rings. The van der Waals surface area contributed by atoms with Gasteiger partial charge in [-0.25, -0.2) is 4.39 Å². The van der Waals surface area contributed by atoms with Gasteiger partial charge in [0.25, 0.3) is 0 Å². The Morgan fingerprint density at radius 2 is 2.14 bits per heavy atom. The molecule has 7 heteroatoms. The average Bonchev–Trinajstić information content (AvgIpc) is 2.05. The third-order valence-corrected chi connectivity index (χ3v) is 2.63. The van der Waals surface area contributed by atoms with Crippen molar-refractivity contribution in [3.05, 3.63) is 29.6 Å². The van der Waals surface area contributed by atoms with E-state index in [0.29, 0.717) is 0 Å². The number of hydrogen-bond donors (Lipinski definition) is 2. The molecule has 0 saturated carbocycles. The lowest BCUT2D eigenvalue weighted by Gasteiger charge is -2.14. The first-order chi connectivity index (χ1) is 6.48. The molecule has 0 aromatic heterocycles. The summed E-state index contributed by atoms with van der Waals surface area (Å²) in [6.45, 7) is 0. The van der Waals surface area contributed by atoms with Crippen LogP contribution >= 0.6 is 0 Å². The van der Waals surface area contributed by atoms with Crippen LogP contribution in [0.15, 0.2) is 22.6 Å². The molecular weight excluding hydrogens is 209 g/mol. The van der Waals surface area contributed by atoms with Crippen LogP contribution < -0.4 is 10.5 Å². The van der Waals surface area contributed by atoms with E-state index in [9.17, 15) is 12.8 Å². The highest BCUT2D eigenvalue weighted by Gasteiger charge is 2.20. The fourth-order valence-electron chi connectivity index (χ4n) is 1.16. The van der Waals surface area contributed by atoms with E-state index in [-0.39, 0.29) is 17.1 Å². The minimum absolute atomic E-state index is 0.210. The minimum atomic E-state index is -3.77. The molecule has 74 valence electrons. The second kappa shape index (κ2) is 2.68. The fourth-order valence-corrected chi connectivity index (χ4v) is 2.02. The van der Waals surface area contributed by atoms with E-state index in [1.807, 2.05) is 0 Å². The van der Waals surface area contributed by atoms with Crippen molar-refractivity contribution in [2.24, 2.45) is 10.1 Å². The molecule has 14 heavy (non-hydrogen) atoms. The number of halogens is 1. The molecule has 2 rings (SSSR count). The largest absolute Gasteiger partial charge is 0.382 e. The summed E-state index contributed by atoms with van der Waals surface area (Å²) in [5.74, 6) is -0.707. The van der Waals surface area contributed by atoms with Crippen molar-refractivity contribution in [2.45, 2.75) is 0 Å². The molecule has 0 radical (unpaired) electrons. The number of amidine groups is 1. The van der Waals surface area contributed by atoms with Gasteiger partial charge in [-0.3, -0.25) is 4.72 Å². The van der Waals surface area contributed by atoms with E-state index >= 15 is 0 Å². The van der Waals surface area contributed by atoms with Crippen molar-refractivity contribution < 1.29 is 12.8 Å². The van der Waals surface area contributed by atoms with Crippen LogP contribution in [0.2, 0.25) is 0 Å². The molecule has 0 amide bonds. The Kier molecular flexibility index (Phi) is 1.71. The first-order valence-corrected chi connectivity index (χ1v) is 5.10. The van der Waals surface area contributed by atoms with Gasteiger partial charge >= 0.3 is 10.2 Å². The summed E-state index contributed by atoms with van der Waals surface area (Å²) < 4.78 is 40.2. The summed E-state index contributed by atoms with van der Waals surface area (Å²) in [5, 5.41) is 0. The zero-order chi connectivity index (χ0) is 10.3. The van der Waals surface area contributed by atoms with Crippen LogP contribution in [0.4, 0.5) is 10.1 Å². The lowest BCUT2D eigenvalue weighted by molar-refractivity contribution is 0.602. The van der Waals surface area contributed by atoms with Crippen molar-refractivity contribution in [1.82, 2.24) is 0 Å². The summed E-state index contributed by atoms with van der Waals surface area (Å²) in [7, 11) is -3.77. The lowest BCUT2D eigenvalue weighted by Crippen LogP contribution is -2.26. The van der Waals surface area contributed by atoms with E-state index in [1.165, 1.54) is 6.07 Å². The minimum Gasteiger partial charge on any atom is -0.382 e. The van der Waals surface area contributed by atoms with Crippen LogP contribution in [-0.4, -0.2) is 14.3 Å². The van der Waals surface area contributed by atoms with Crippen LogP contribution in [0, 0.1) is 5.82 Å². The van der Waals surface area contributed by atoms with Crippen LogP contribution in [-0.2, 0) is 10.2 Å². The van der Waals surface area contributed by atoms with Crippen molar-refractivity contribution >= 4 is 21.7 Å². The van der Waals surface area contributed by atoms with Gasteiger partial charge in [0.2, 0.25) is 0 Å². The lowest BCUT2D eigenvalue weighted by atomic mass is 10.1. The Balaban J connectivity index is 2.68. The van der Waals surface area contributed by atoms with E-state index in [4.69, 9.17) is 5.73 Å². The second-order valence-electron chi connectivity index (χ2n) is 2.74. The molecule has 1 aromatic rings. The first-order valence-electron chi connectivity index (χ1n) is 3.66. The van der Waals surface area contributed by atoms with Gasteiger partial charge in [-0.15, -0.1) is 4.40 Å². The second-order valence-corrected chi connectivity index (χ2v) is 4.08. The predicted octanol–water partition coefficient (Wildman–Crippen LogP) is 0.201. The Morgan fingerprint density at radius 3 is 2.86 bits per heavy atom. The summed E-state index contributed by atoms with van der Waals surface area (Å²) in [5.41, 5.74) is 5.84. The summed E-state index contributed by atoms with van der Waals surface area (Å²) >= 11 is 0. The maximum Gasteiger partial charge on any atom is 0.344 e. The molecule has 1 aliphatic heterocycles. The molecule has 0 fully saturated rings. The van der Waals surface area contributed by atoms with Gasteiger partial charge in [-0.05, 0) is 18.2 Å². The smallest absolute Gasteiger partial charge is 0.344 e. The molecule has 1 aromatic carbocycles. The fraction of sp³-hybridized carbons (Fsp3) is 0. The molecule has 0 unspecified atom stereocenters.